The van der Waals surface area contributed by atoms with Gasteiger partial charge in [-0.2, -0.15) is 13.2 Å². The van der Waals surface area contributed by atoms with Gasteiger partial charge in [0, 0.05) is 5.56 Å². The van der Waals surface area contributed by atoms with Crippen LogP contribution in [0.3, 0.4) is 0 Å². The number of imide groups is 1. The predicted molar refractivity (Wildman–Crippen MR) is 143 cm³/mol. The Morgan fingerprint density at radius 2 is 1.74 bits per heavy atom. The molecule has 43 heavy (non-hydrogen) atoms. The number of methoxy groups -OCH3 is 1. The number of alkyl halides is 3. The summed E-state index contributed by atoms with van der Waals surface area (Å²) in [6.07, 6.45) is -5.46. The average Bonchev–Trinajstić information content (AvgIpc) is 3.59. The van der Waals surface area contributed by atoms with Gasteiger partial charge in [-0.1, -0.05) is 35.2 Å². The first-order chi connectivity index (χ1) is 20.5. The molecule has 1 aliphatic heterocycles. The number of benzene rings is 3. The van der Waals surface area contributed by atoms with Crippen molar-refractivity contribution in [2.24, 2.45) is 0 Å². The lowest BCUT2D eigenvalue weighted by Gasteiger charge is -2.38. The summed E-state index contributed by atoms with van der Waals surface area (Å²) in [6, 6.07) is 15.4. The highest BCUT2D eigenvalue weighted by atomic mass is 32.1. The standard InChI is InChI=1S/C28H18F3N5O6S/c1-41-26(40)27(13-23(37)42-36-20-9-5-4-8-18(20)33-34-36)17-7-3-2-6-16(17)24(38)35(25(27)39)14-22-32-19-12-15(28(29,30)31)10-11-21(19)43-22/h2-12H,13-14H2,1H3. The van der Waals surface area contributed by atoms with Crippen LogP contribution in [0.2, 0.25) is 0 Å². The van der Waals surface area contributed by atoms with Crippen molar-refractivity contribution >= 4 is 56.3 Å². The topological polar surface area (TPSA) is 134 Å². The van der Waals surface area contributed by atoms with Gasteiger partial charge in [0.15, 0.2) is 5.41 Å². The fourth-order valence-electron chi connectivity index (χ4n) is 5.00. The van der Waals surface area contributed by atoms with Crippen molar-refractivity contribution < 1.29 is 41.9 Å². The number of hydrogen-bond acceptors (Lipinski definition) is 10. The van der Waals surface area contributed by atoms with Crippen LogP contribution in [0.25, 0.3) is 21.3 Å². The van der Waals surface area contributed by atoms with Crippen LogP contribution >= 0.6 is 11.3 Å². The molecule has 218 valence electrons. The molecule has 2 aromatic heterocycles. The molecule has 0 saturated heterocycles. The molecule has 0 radical (unpaired) electrons. The van der Waals surface area contributed by atoms with E-state index in [1.807, 2.05) is 0 Å². The summed E-state index contributed by atoms with van der Waals surface area (Å²) in [6.45, 7) is -0.478. The van der Waals surface area contributed by atoms with Crippen molar-refractivity contribution in [2.45, 2.75) is 24.6 Å². The van der Waals surface area contributed by atoms with E-state index in [-0.39, 0.29) is 21.7 Å². The van der Waals surface area contributed by atoms with Crippen LogP contribution in [0, 0.1) is 0 Å². The Hall–Kier alpha value is -5.18. The van der Waals surface area contributed by atoms with Crippen molar-refractivity contribution in [1.82, 2.24) is 25.0 Å². The quantitative estimate of drug-likeness (QED) is 0.122. The third-order valence-electron chi connectivity index (χ3n) is 6.98. The Morgan fingerprint density at radius 3 is 2.51 bits per heavy atom. The van der Waals surface area contributed by atoms with Crippen LogP contribution in [0.15, 0.2) is 66.7 Å². The third-order valence-corrected chi connectivity index (χ3v) is 8.00. The average molecular weight is 610 g/mol. The number of para-hydroxylation sites is 1. The maximum Gasteiger partial charge on any atom is 0.416 e. The SMILES string of the molecule is COC(=O)C1(CC(=O)On2nnc3ccccc32)C(=O)N(Cc2nc3cc(C(F)(F)F)ccc3s2)C(=O)c2ccccc21. The molecule has 5 aromatic rings. The Labute approximate surface area is 243 Å². The van der Waals surface area contributed by atoms with E-state index in [4.69, 9.17) is 9.57 Å². The maximum atomic E-state index is 14.2. The molecule has 11 nitrogen and oxygen atoms in total. The first kappa shape index (κ1) is 28.0. The van der Waals surface area contributed by atoms with Gasteiger partial charge in [-0.25, -0.2) is 9.78 Å². The van der Waals surface area contributed by atoms with E-state index in [1.54, 1.807) is 24.3 Å². The van der Waals surface area contributed by atoms with E-state index in [1.165, 1.54) is 30.3 Å². The van der Waals surface area contributed by atoms with Gasteiger partial charge >= 0.3 is 18.1 Å². The molecule has 0 fully saturated rings. The molecule has 1 aliphatic rings. The number of aromatic nitrogens is 4. The second kappa shape index (κ2) is 10.3. The summed E-state index contributed by atoms with van der Waals surface area (Å²) in [5.74, 6) is -4.05. The van der Waals surface area contributed by atoms with Crippen molar-refractivity contribution in [3.63, 3.8) is 0 Å². The van der Waals surface area contributed by atoms with Crippen LogP contribution in [0.4, 0.5) is 13.2 Å². The minimum absolute atomic E-state index is 0.0231. The molecule has 1 atom stereocenters. The minimum atomic E-state index is -4.59. The van der Waals surface area contributed by atoms with Gasteiger partial charge in [0.1, 0.15) is 16.0 Å². The number of nitrogens with zero attached hydrogens (tertiary/aromatic N) is 5. The van der Waals surface area contributed by atoms with Crippen LogP contribution in [0.1, 0.15) is 32.9 Å². The van der Waals surface area contributed by atoms with Gasteiger partial charge < -0.3 is 9.57 Å². The summed E-state index contributed by atoms with van der Waals surface area (Å²) in [7, 11) is 1.03. The van der Waals surface area contributed by atoms with E-state index < -0.39 is 53.9 Å². The molecule has 3 heterocycles. The highest BCUT2D eigenvalue weighted by Crippen LogP contribution is 2.40. The maximum absolute atomic E-state index is 14.2. The van der Waals surface area contributed by atoms with Gasteiger partial charge in [0.25, 0.3) is 11.8 Å². The van der Waals surface area contributed by atoms with Crippen molar-refractivity contribution in [3.05, 3.63) is 88.4 Å². The summed E-state index contributed by atoms with van der Waals surface area (Å²) in [4.78, 5) is 65.6. The Kier molecular flexibility index (Phi) is 6.68. The minimum Gasteiger partial charge on any atom is -0.468 e. The second-order valence-corrected chi connectivity index (χ2v) is 10.6. The van der Waals surface area contributed by atoms with E-state index in [0.29, 0.717) is 15.7 Å². The van der Waals surface area contributed by atoms with Gasteiger partial charge in [0.2, 0.25) is 0 Å². The van der Waals surface area contributed by atoms with Gasteiger partial charge in [-0.15, -0.1) is 16.4 Å². The number of carbonyl (C=O) groups is 4. The molecule has 1 unspecified atom stereocenters. The fraction of sp³-hybridized carbons (Fsp3) is 0.179. The zero-order valence-electron chi connectivity index (χ0n) is 22.0. The van der Waals surface area contributed by atoms with E-state index in [0.717, 1.165) is 40.3 Å². The number of esters is 1. The Balaban J connectivity index is 1.39. The Morgan fingerprint density at radius 1 is 1.00 bits per heavy atom. The largest absolute Gasteiger partial charge is 0.468 e. The van der Waals surface area contributed by atoms with Gasteiger partial charge in [-0.05, 0) is 47.2 Å². The summed E-state index contributed by atoms with van der Waals surface area (Å²) < 4.78 is 45.0. The molecule has 0 N–H and O–H groups in total. The Bertz CT molecular complexity index is 1950. The molecule has 0 spiro atoms. The smallest absolute Gasteiger partial charge is 0.416 e. The molecule has 3 aromatic carbocycles. The van der Waals surface area contributed by atoms with E-state index in [2.05, 4.69) is 15.3 Å². The van der Waals surface area contributed by atoms with Crippen molar-refractivity contribution in [1.29, 1.82) is 0 Å². The van der Waals surface area contributed by atoms with E-state index in [9.17, 15) is 32.3 Å². The summed E-state index contributed by atoms with van der Waals surface area (Å²) in [5, 5.41) is 7.82. The number of amides is 2. The first-order valence-electron chi connectivity index (χ1n) is 12.6. The number of ether oxygens (including phenoxy) is 1. The number of hydrogen-bond donors (Lipinski definition) is 0. The molecular formula is C28H18F3N5O6S. The lowest BCUT2D eigenvalue weighted by atomic mass is 9.71. The first-order valence-corrected chi connectivity index (χ1v) is 13.4. The predicted octanol–water partition coefficient (Wildman–Crippen LogP) is 3.70. The number of fused-ring (bicyclic) bond motifs is 3. The molecule has 0 saturated carbocycles. The molecule has 2 amide bonds. The van der Waals surface area contributed by atoms with Gasteiger partial charge in [-0.3, -0.25) is 19.3 Å². The van der Waals surface area contributed by atoms with Crippen molar-refractivity contribution in [2.75, 3.05) is 7.11 Å². The van der Waals surface area contributed by atoms with E-state index >= 15 is 0 Å². The monoisotopic (exact) mass is 609 g/mol. The highest BCUT2D eigenvalue weighted by Gasteiger charge is 2.58. The van der Waals surface area contributed by atoms with Crippen LogP contribution < -0.4 is 4.84 Å². The highest BCUT2D eigenvalue weighted by molar-refractivity contribution is 7.18. The molecule has 0 bridgehead atoms. The number of rotatable bonds is 6. The molecule has 0 aliphatic carbocycles. The number of halogens is 3. The summed E-state index contributed by atoms with van der Waals surface area (Å²) in [5.41, 5.74) is -2.56. The van der Waals surface area contributed by atoms with Crippen LogP contribution in [0.5, 0.6) is 0 Å². The van der Waals surface area contributed by atoms with Gasteiger partial charge in [0.05, 0.1) is 35.9 Å². The molecule has 15 heteroatoms. The van der Waals surface area contributed by atoms with Crippen LogP contribution in [-0.4, -0.2) is 55.9 Å². The number of thiazole rings is 1. The van der Waals surface area contributed by atoms with Crippen molar-refractivity contribution in [3.8, 4) is 0 Å². The molecular weight excluding hydrogens is 591 g/mol. The lowest BCUT2D eigenvalue weighted by Crippen LogP contribution is -2.59. The number of carbonyl (C=O) groups excluding carboxylic acids is 4. The zero-order chi connectivity index (χ0) is 30.5. The zero-order valence-corrected chi connectivity index (χ0v) is 22.8. The fourth-order valence-corrected chi connectivity index (χ4v) is 5.93. The third kappa shape index (κ3) is 4.67. The molecule has 6 rings (SSSR count). The second-order valence-electron chi connectivity index (χ2n) is 9.52. The normalized spacial score (nSPS) is 16.9. The lowest BCUT2D eigenvalue weighted by molar-refractivity contribution is -0.163. The summed E-state index contributed by atoms with van der Waals surface area (Å²) >= 11 is 0.977. The van der Waals surface area contributed by atoms with Crippen LogP contribution in [-0.2, 0) is 37.3 Å².